The molecule has 1 atom stereocenters. The average molecular weight is 252 g/mol. The van der Waals surface area contributed by atoms with E-state index in [0.717, 1.165) is 44.5 Å². The van der Waals surface area contributed by atoms with E-state index in [4.69, 9.17) is 5.73 Å². The number of nitrogens with two attached hydrogens (primary N) is 1. The van der Waals surface area contributed by atoms with Crippen molar-refractivity contribution in [1.29, 1.82) is 0 Å². The first kappa shape index (κ1) is 15.1. The lowest BCUT2D eigenvalue weighted by atomic mass is 10.0. The van der Waals surface area contributed by atoms with Crippen molar-refractivity contribution in [3.63, 3.8) is 0 Å². The van der Waals surface area contributed by atoms with Gasteiger partial charge in [0.15, 0.2) is 0 Å². The maximum atomic E-state index is 13.1. The number of hydrogen-bond acceptors (Lipinski definition) is 2. The molecule has 1 unspecified atom stereocenters. The van der Waals surface area contributed by atoms with Gasteiger partial charge in [-0.25, -0.2) is 4.39 Å². The zero-order valence-electron chi connectivity index (χ0n) is 11.5. The second kappa shape index (κ2) is 8.22. The molecule has 0 fully saturated rings. The highest BCUT2D eigenvalue weighted by Crippen LogP contribution is 2.15. The third kappa shape index (κ3) is 5.15. The van der Waals surface area contributed by atoms with Gasteiger partial charge in [-0.2, -0.15) is 0 Å². The van der Waals surface area contributed by atoms with E-state index in [1.807, 2.05) is 6.07 Å². The Hall–Kier alpha value is -0.930. The van der Waals surface area contributed by atoms with E-state index in [-0.39, 0.29) is 11.9 Å². The fraction of sp³-hybridized carbons (Fsp3) is 0.600. The first-order valence-electron chi connectivity index (χ1n) is 6.90. The van der Waals surface area contributed by atoms with Crippen LogP contribution in [0.5, 0.6) is 0 Å². The Bertz CT molecular complexity index is 335. The molecule has 0 amide bonds. The molecule has 0 saturated carbocycles. The van der Waals surface area contributed by atoms with Crippen LogP contribution in [0.3, 0.4) is 0 Å². The molecule has 0 aliphatic rings. The van der Waals surface area contributed by atoms with E-state index >= 15 is 0 Å². The Morgan fingerprint density at radius 2 is 1.83 bits per heavy atom. The van der Waals surface area contributed by atoms with Gasteiger partial charge in [0, 0.05) is 6.04 Å². The van der Waals surface area contributed by atoms with Gasteiger partial charge in [-0.05, 0) is 56.6 Å². The molecule has 102 valence electrons. The van der Waals surface area contributed by atoms with Crippen molar-refractivity contribution in [3.05, 3.63) is 35.6 Å². The van der Waals surface area contributed by atoms with E-state index in [1.54, 1.807) is 6.07 Å². The molecule has 2 nitrogen and oxygen atoms in total. The summed E-state index contributed by atoms with van der Waals surface area (Å²) in [5, 5.41) is 0. The Kier molecular flexibility index (Phi) is 6.91. The lowest BCUT2D eigenvalue weighted by Crippen LogP contribution is -2.29. The van der Waals surface area contributed by atoms with Crippen LogP contribution in [0.15, 0.2) is 24.3 Å². The van der Waals surface area contributed by atoms with Crippen LogP contribution in [0.1, 0.15) is 44.7 Å². The minimum Gasteiger partial charge on any atom is -0.324 e. The Labute approximate surface area is 110 Å². The van der Waals surface area contributed by atoms with Crippen LogP contribution in [0.2, 0.25) is 0 Å². The van der Waals surface area contributed by atoms with Crippen LogP contribution in [0.25, 0.3) is 0 Å². The summed E-state index contributed by atoms with van der Waals surface area (Å²) in [6.45, 7) is 7.59. The van der Waals surface area contributed by atoms with E-state index in [1.165, 1.54) is 12.1 Å². The number of benzene rings is 1. The Balaban J connectivity index is 2.46. The van der Waals surface area contributed by atoms with Gasteiger partial charge in [0.2, 0.25) is 0 Å². The van der Waals surface area contributed by atoms with Crippen molar-refractivity contribution in [2.24, 2.45) is 5.73 Å². The van der Waals surface area contributed by atoms with Crippen LogP contribution in [0, 0.1) is 5.82 Å². The zero-order chi connectivity index (χ0) is 13.4. The summed E-state index contributed by atoms with van der Waals surface area (Å²) in [5.41, 5.74) is 7.00. The third-order valence-electron chi connectivity index (χ3n) is 3.11. The zero-order valence-corrected chi connectivity index (χ0v) is 11.5. The van der Waals surface area contributed by atoms with Crippen molar-refractivity contribution in [2.45, 2.75) is 39.2 Å². The molecule has 0 aromatic heterocycles. The topological polar surface area (TPSA) is 29.3 Å². The van der Waals surface area contributed by atoms with Crippen LogP contribution < -0.4 is 5.73 Å². The monoisotopic (exact) mass is 252 g/mol. The lowest BCUT2D eigenvalue weighted by molar-refractivity contribution is 0.264. The molecule has 18 heavy (non-hydrogen) atoms. The summed E-state index contributed by atoms with van der Waals surface area (Å²) in [6.07, 6.45) is 3.20. The maximum Gasteiger partial charge on any atom is 0.123 e. The predicted molar refractivity (Wildman–Crippen MR) is 75.0 cm³/mol. The van der Waals surface area contributed by atoms with E-state index in [0.29, 0.717) is 0 Å². The molecule has 1 aromatic rings. The van der Waals surface area contributed by atoms with Gasteiger partial charge in [-0.3, -0.25) is 0 Å². The first-order valence-corrected chi connectivity index (χ1v) is 6.90. The quantitative estimate of drug-likeness (QED) is 0.769. The molecule has 0 saturated heterocycles. The maximum absolute atomic E-state index is 13.1. The smallest absolute Gasteiger partial charge is 0.123 e. The number of nitrogens with zero attached hydrogens (tertiary/aromatic N) is 1. The predicted octanol–water partition coefficient (Wildman–Crippen LogP) is 3.34. The largest absolute Gasteiger partial charge is 0.324 e. The van der Waals surface area contributed by atoms with Crippen molar-refractivity contribution < 1.29 is 4.39 Å². The highest BCUT2D eigenvalue weighted by Gasteiger charge is 2.09. The van der Waals surface area contributed by atoms with E-state index < -0.39 is 0 Å². The van der Waals surface area contributed by atoms with Crippen molar-refractivity contribution in [3.8, 4) is 0 Å². The standard InChI is InChI=1S/C15H25FN2/c1-3-9-18(10-4-2)11-8-15(17)13-6-5-7-14(16)12-13/h5-7,12,15H,3-4,8-11,17H2,1-2H3. The van der Waals surface area contributed by atoms with Gasteiger partial charge in [0.1, 0.15) is 5.82 Å². The molecular weight excluding hydrogens is 227 g/mol. The molecule has 0 radical (unpaired) electrons. The minimum absolute atomic E-state index is 0.0723. The van der Waals surface area contributed by atoms with Gasteiger partial charge in [0.05, 0.1) is 0 Å². The number of hydrogen-bond donors (Lipinski definition) is 1. The van der Waals surface area contributed by atoms with Crippen molar-refractivity contribution in [2.75, 3.05) is 19.6 Å². The Morgan fingerprint density at radius 1 is 1.17 bits per heavy atom. The molecule has 0 spiro atoms. The summed E-state index contributed by atoms with van der Waals surface area (Å²) >= 11 is 0. The Morgan fingerprint density at radius 3 is 2.39 bits per heavy atom. The van der Waals surface area contributed by atoms with Gasteiger partial charge in [0.25, 0.3) is 0 Å². The molecule has 0 aliphatic carbocycles. The minimum atomic E-state index is -0.207. The normalized spacial score (nSPS) is 12.9. The molecule has 0 aliphatic heterocycles. The molecule has 1 aromatic carbocycles. The molecule has 3 heteroatoms. The van der Waals surface area contributed by atoms with Gasteiger partial charge >= 0.3 is 0 Å². The third-order valence-corrected chi connectivity index (χ3v) is 3.11. The van der Waals surface area contributed by atoms with E-state index in [9.17, 15) is 4.39 Å². The van der Waals surface area contributed by atoms with Gasteiger partial charge < -0.3 is 10.6 Å². The number of rotatable bonds is 8. The van der Waals surface area contributed by atoms with Crippen LogP contribution in [0.4, 0.5) is 4.39 Å². The second-order valence-electron chi connectivity index (χ2n) is 4.79. The molecule has 0 heterocycles. The fourth-order valence-electron chi connectivity index (χ4n) is 2.19. The summed E-state index contributed by atoms with van der Waals surface area (Å²) in [5.74, 6) is -0.207. The SMILES string of the molecule is CCCN(CCC)CCC(N)c1cccc(F)c1. The summed E-state index contributed by atoms with van der Waals surface area (Å²) in [4.78, 5) is 2.43. The van der Waals surface area contributed by atoms with Crippen LogP contribution in [-0.4, -0.2) is 24.5 Å². The van der Waals surface area contributed by atoms with Crippen molar-refractivity contribution >= 4 is 0 Å². The highest BCUT2D eigenvalue weighted by atomic mass is 19.1. The average Bonchev–Trinajstić information content (AvgIpc) is 2.36. The highest BCUT2D eigenvalue weighted by molar-refractivity contribution is 5.19. The van der Waals surface area contributed by atoms with Crippen LogP contribution in [-0.2, 0) is 0 Å². The summed E-state index contributed by atoms with van der Waals surface area (Å²) in [7, 11) is 0. The molecule has 1 rings (SSSR count). The fourth-order valence-corrected chi connectivity index (χ4v) is 2.19. The van der Waals surface area contributed by atoms with Crippen molar-refractivity contribution in [1.82, 2.24) is 4.90 Å². The first-order chi connectivity index (χ1) is 8.67. The van der Waals surface area contributed by atoms with E-state index in [2.05, 4.69) is 18.7 Å². The lowest BCUT2D eigenvalue weighted by Gasteiger charge is -2.23. The summed E-state index contributed by atoms with van der Waals surface area (Å²) in [6, 6.07) is 6.54. The summed E-state index contributed by atoms with van der Waals surface area (Å²) < 4.78 is 13.1. The molecular formula is C15H25FN2. The van der Waals surface area contributed by atoms with Gasteiger partial charge in [-0.15, -0.1) is 0 Å². The second-order valence-corrected chi connectivity index (χ2v) is 4.79. The van der Waals surface area contributed by atoms with Gasteiger partial charge in [-0.1, -0.05) is 26.0 Å². The molecule has 2 N–H and O–H groups in total. The van der Waals surface area contributed by atoms with Crippen LogP contribution >= 0.6 is 0 Å². The molecule has 0 bridgehead atoms. The number of halogens is 1.